The summed E-state index contributed by atoms with van der Waals surface area (Å²) in [5.74, 6) is -7.49. The largest absolute Gasteiger partial charge is 0.481 e. The lowest BCUT2D eigenvalue weighted by Gasteiger charge is -2.24. The number of hydrogen-bond donors (Lipinski definition) is 8. The van der Waals surface area contributed by atoms with Crippen LogP contribution in [0.4, 0.5) is 0 Å². The van der Waals surface area contributed by atoms with E-state index < -0.39 is 72.1 Å². The van der Waals surface area contributed by atoms with Crippen molar-refractivity contribution in [2.24, 2.45) is 11.7 Å². The zero-order valence-electron chi connectivity index (χ0n) is 17.0. The molecule has 0 aromatic rings. The van der Waals surface area contributed by atoms with E-state index in [2.05, 4.69) is 28.6 Å². The van der Waals surface area contributed by atoms with E-state index in [1.807, 2.05) is 0 Å². The molecule has 176 valence electrons. The quantitative estimate of drug-likeness (QED) is 0.129. The molecule has 0 rings (SSSR count). The van der Waals surface area contributed by atoms with Crippen LogP contribution in [0.15, 0.2) is 0 Å². The van der Waals surface area contributed by atoms with Gasteiger partial charge in [0.1, 0.15) is 18.1 Å². The highest BCUT2D eigenvalue weighted by Gasteiger charge is 2.32. The summed E-state index contributed by atoms with van der Waals surface area (Å²) in [6.45, 7) is 3.06. The fraction of sp³-hybridized carbons (Fsp3) is 0.647. The van der Waals surface area contributed by atoms with Crippen molar-refractivity contribution in [1.29, 1.82) is 0 Å². The third-order valence-corrected chi connectivity index (χ3v) is 4.43. The number of thiol groups is 1. The van der Waals surface area contributed by atoms with E-state index in [0.717, 1.165) is 0 Å². The van der Waals surface area contributed by atoms with E-state index in [9.17, 15) is 28.8 Å². The van der Waals surface area contributed by atoms with Crippen molar-refractivity contribution >= 4 is 48.3 Å². The fourth-order valence-electron chi connectivity index (χ4n) is 2.31. The van der Waals surface area contributed by atoms with E-state index >= 15 is 0 Å². The standard InChI is InChI=1S/C17H28N4O9S/c1-7(2)13(17(29)30)21-15(27)9(5-12(24)25)19-16(28)10(6-31)20-14(26)8(18)3-4-11(22)23/h7-10,13,31H,3-6,18H2,1-2H3,(H,19,28)(H,20,26)(H,21,27)(H,22,23)(H,24,25)(H,29,30)/t8-,9-,10-,13-/m0/s1. The molecular weight excluding hydrogens is 436 g/mol. The Kier molecular flexibility index (Phi) is 12.2. The molecule has 13 nitrogen and oxygen atoms in total. The Balaban J connectivity index is 5.23. The molecule has 0 aliphatic heterocycles. The van der Waals surface area contributed by atoms with Crippen molar-refractivity contribution < 1.29 is 44.1 Å². The third kappa shape index (κ3) is 10.6. The summed E-state index contributed by atoms with van der Waals surface area (Å²) in [4.78, 5) is 69.8. The molecule has 0 aromatic heterocycles. The van der Waals surface area contributed by atoms with Crippen LogP contribution in [0.3, 0.4) is 0 Å². The summed E-state index contributed by atoms with van der Waals surface area (Å²) in [5, 5.41) is 33.4. The predicted molar refractivity (Wildman–Crippen MR) is 109 cm³/mol. The summed E-state index contributed by atoms with van der Waals surface area (Å²) >= 11 is 3.93. The lowest BCUT2D eigenvalue weighted by molar-refractivity contribution is -0.144. The first kappa shape index (κ1) is 28.1. The van der Waals surface area contributed by atoms with Gasteiger partial charge >= 0.3 is 17.9 Å². The van der Waals surface area contributed by atoms with Gasteiger partial charge in [-0.3, -0.25) is 24.0 Å². The highest BCUT2D eigenvalue weighted by Crippen LogP contribution is 2.04. The Morgan fingerprint density at radius 1 is 0.839 bits per heavy atom. The number of carboxylic acid groups (broad SMARTS) is 3. The van der Waals surface area contributed by atoms with E-state index in [0.29, 0.717) is 0 Å². The Hall–Kier alpha value is -2.87. The normalized spacial score (nSPS) is 14.6. The third-order valence-electron chi connectivity index (χ3n) is 4.06. The molecule has 0 unspecified atom stereocenters. The maximum absolute atomic E-state index is 12.4. The Labute approximate surface area is 183 Å². The van der Waals surface area contributed by atoms with Gasteiger partial charge in [-0.15, -0.1) is 0 Å². The van der Waals surface area contributed by atoms with Gasteiger partial charge in [-0.1, -0.05) is 13.8 Å². The van der Waals surface area contributed by atoms with Gasteiger partial charge in [-0.25, -0.2) is 4.79 Å². The van der Waals surface area contributed by atoms with Gasteiger partial charge in [0.2, 0.25) is 17.7 Å². The van der Waals surface area contributed by atoms with Gasteiger partial charge < -0.3 is 37.0 Å². The first-order valence-corrected chi connectivity index (χ1v) is 9.87. The van der Waals surface area contributed by atoms with Crippen LogP contribution in [0.5, 0.6) is 0 Å². The maximum atomic E-state index is 12.4. The summed E-state index contributed by atoms with van der Waals surface area (Å²) in [6.07, 6.45) is -1.39. The Morgan fingerprint density at radius 2 is 1.35 bits per heavy atom. The molecule has 0 aliphatic carbocycles. The van der Waals surface area contributed by atoms with Crippen LogP contribution in [0.1, 0.15) is 33.1 Å². The van der Waals surface area contributed by atoms with Crippen LogP contribution in [-0.2, 0) is 28.8 Å². The minimum Gasteiger partial charge on any atom is -0.481 e. The molecule has 0 fully saturated rings. The predicted octanol–water partition coefficient (Wildman–Crippen LogP) is -2.22. The number of carbonyl (C=O) groups is 6. The van der Waals surface area contributed by atoms with Crippen LogP contribution in [0.25, 0.3) is 0 Å². The molecule has 8 N–H and O–H groups in total. The lowest BCUT2D eigenvalue weighted by Crippen LogP contribution is -2.58. The monoisotopic (exact) mass is 464 g/mol. The maximum Gasteiger partial charge on any atom is 0.326 e. The van der Waals surface area contributed by atoms with Crippen molar-refractivity contribution in [3.05, 3.63) is 0 Å². The van der Waals surface area contributed by atoms with E-state index in [4.69, 9.17) is 21.1 Å². The molecule has 31 heavy (non-hydrogen) atoms. The number of rotatable bonds is 14. The molecule has 3 amide bonds. The van der Waals surface area contributed by atoms with Crippen LogP contribution in [0.2, 0.25) is 0 Å². The van der Waals surface area contributed by atoms with Crippen LogP contribution in [-0.4, -0.2) is 80.9 Å². The molecule has 0 bridgehead atoms. The lowest BCUT2D eigenvalue weighted by atomic mass is 10.0. The zero-order chi connectivity index (χ0) is 24.3. The molecular formula is C17H28N4O9S. The molecule has 0 saturated carbocycles. The molecule has 0 radical (unpaired) electrons. The molecule has 0 spiro atoms. The highest BCUT2D eigenvalue weighted by molar-refractivity contribution is 7.80. The van der Waals surface area contributed by atoms with Gasteiger partial charge in [0.15, 0.2) is 0 Å². The number of aliphatic carboxylic acids is 3. The van der Waals surface area contributed by atoms with Crippen molar-refractivity contribution in [2.75, 3.05) is 5.75 Å². The van der Waals surface area contributed by atoms with Crippen molar-refractivity contribution in [1.82, 2.24) is 16.0 Å². The molecule has 0 aliphatic rings. The summed E-state index contributed by atoms with van der Waals surface area (Å²) in [7, 11) is 0. The number of amides is 3. The molecule has 4 atom stereocenters. The van der Waals surface area contributed by atoms with Crippen molar-refractivity contribution in [3.8, 4) is 0 Å². The number of nitrogens with two attached hydrogens (primary N) is 1. The Morgan fingerprint density at radius 3 is 1.77 bits per heavy atom. The second-order valence-corrected chi connectivity index (χ2v) is 7.38. The average molecular weight is 464 g/mol. The summed E-state index contributed by atoms with van der Waals surface area (Å²) in [6, 6.07) is -5.46. The first-order chi connectivity index (χ1) is 14.3. The summed E-state index contributed by atoms with van der Waals surface area (Å²) in [5.41, 5.74) is 5.57. The number of carbonyl (C=O) groups excluding carboxylic acids is 3. The minimum absolute atomic E-state index is 0.183. The average Bonchev–Trinajstić information content (AvgIpc) is 2.66. The van der Waals surface area contributed by atoms with Crippen LogP contribution >= 0.6 is 12.6 Å². The second-order valence-electron chi connectivity index (χ2n) is 7.01. The number of carboxylic acids is 3. The van der Waals surface area contributed by atoms with Crippen molar-refractivity contribution in [2.45, 2.75) is 57.3 Å². The van der Waals surface area contributed by atoms with Gasteiger partial charge in [0.25, 0.3) is 0 Å². The van der Waals surface area contributed by atoms with Gasteiger partial charge in [-0.2, -0.15) is 12.6 Å². The number of hydrogen-bond acceptors (Lipinski definition) is 8. The molecule has 0 saturated heterocycles. The number of nitrogens with one attached hydrogen (secondary N) is 3. The highest BCUT2D eigenvalue weighted by atomic mass is 32.1. The minimum atomic E-state index is -1.62. The van der Waals surface area contributed by atoms with E-state index in [-0.39, 0.29) is 18.6 Å². The molecule has 14 heteroatoms. The first-order valence-electron chi connectivity index (χ1n) is 9.24. The van der Waals surface area contributed by atoms with Gasteiger partial charge in [-0.05, 0) is 12.3 Å². The van der Waals surface area contributed by atoms with Crippen LogP contribution < -0.4 is 21.7 Å². The zero-order valence-corrected chi connectivity index (χ0v) is 17.9. The van der Waals surface area contributed by atoms with Gasteiger partial charge in [0.05, 0.1) is 12.5 Å². The molecule has 0 heterocycles. The molecule has 0 aromatic carbocycles. The van der Waals surface area contributed by atoms with E-state index in [1.54, 1.807) is 0 Å². The van der Waals surface area contributed by atoms with Crippen LogP contribution in [0, 0.1) is 5.92 Å². The fourth-order valence-corrected chi connectivity index (χ4v) is 2.56. The summed E-state index contributed by atoms with van der Waals surface area (Å²) < 4.78 is 0. The Bertz CT molecular complexity index is 701. The smallest absolute Gasteiger partial charge is 0.326 e. The topological polar surface area (TPSA) is 225 Å². The van der Waals surface area contributed by atoms with Crippen molar-refractivity contribution in [3.63, 3.8) is 0 Å². The van der Waals surface area contributed by atoms with Gasteiger partial charge in [0, 0.05) is 12.2 Å². The van der Waals surface area contributed by atoms with E-state index in [1.165, 1.54) is 13.8 Å². The second kappa shape index (κ2) is 13.4. The SMILES string of the molecule is CC(C)[C@H](NC(=O)[C@H](CC(=O)O)NC(=O)[C@H](CS)NC(=O)[C@@H](N)CCC(=O)O)C(=O)O.